The minimum absolute atomic E-state index is 0.0205. The van der Waals surface area contributed by atoms with Gasteiger partial charge in [-0.1, -0.05) is 57.5 Å². The van der Waals surface area contributed by atoms with Crippen LogP contribution in [0.3, 0.4) is 0 Å². The minimum Gasteiger partial charge on any atom is -0.379 e. The quantitative estimate of drug-likeness (QED) is 0.666. The van der Waals surface area contributed by atoms with Crippen molar-refractivity contribution in [1.29, 1.82) is 0 Å². The van der Waals surface area contributed by atoms with Crippen molar-refractivity contribution in [2.24, 2.45) is 11.7 Å². The second-order valence-electron chi connectivity index (χ2n) is 5.48. The lowest BCUT2D eigenvalue weighted by Gasteiger charge is -2.28. The molecule has 2 N–H and O–H groups in total. The Hall–Kier alpha value is -0.900. The smallest absolute Gasteiger partial charge is 0.0791 e. The Bertz CT molecular complexity index is 340. The van der Waals surface area contributed by atoms with Crippen molar-refractivity contribution >= 4 is 0 Å². The summed E-state index contributed by atoms with van der Waals surface area (Å²) in [6.07, 6.45) is 2.29. The molecule has 0 aliphatic carbocycles. The molecule has 0 saturated carbocycles. The zero-order valence-electron chi connectivity index (χ0n) is 13.0. The number of ether oxygens (including phenoxy) is 2. The van der Waals surface area contributed by atoms with Gasteiger partial charge in [0.05, 0.1) is 25.4 Å². The second-order valence-corrected chi connectivity index (χ2v) is 5.48. The third kappa shape index (κ3) is 6.04. The predicted molar refractivity (Wildman–Crippen MR) is 83.7 cm³/mol. The third-order valence-corrected chi connectivity index (χ3v) is 3.38. The van der Waals surface area contributed by atoms with E-state index in [2.05, 4.69) is 32.9 Å². The summed E-state index contributed by atoms with van der Waals surface area (Å²) in [5.41, 5.74) is 7.46. The largest absolute Gasteiger partial charge is 0.379 e. The maximum Gasteiger partial charge on any atom is 0.0791 e. The molecule has 0 bridgehead atoms. The molecule has 0 heterocycles. The van der Waals surface area contributed by atoms with Gasteiger partial charge in [0.1, 0.15) is 0 Å². The normalized spacial score (nSPS) is 14.4. The van der Waals surface area contributed by atoms with Gasteiger partial charge in [-0.25, -0.2) is 0 Å². The summed E-state index contributed by atoms with van der Waals surface area (Å²) in [5, 5.41) is 0. The van der Waals surface area contributed by atoms with Gasteiger partial charge in [0, 0.05) is 6.61 Å². The standard InChI is InChI=1S/C17H29NO2/c1-4-5-11-19-12-13-20-17(14(2)3)16(18)15-9-7-6-8-10-15/h6-10,14,16-17H,4-5,11-13,18H2,1-3H3. The lowest BCUT2D eigenvalue weighted by molar-refractivity contribution is -0.0273. The van der Waals surface area contributed by atoms with E-state index in [1.54, 1.807) is 0 Å². The van der Waals surface area contributed by atoms with Crippen molar-refractivity contribution in [3.8, 4) is 0 Å². The molecule has 0 saturated heterocycles. The Morgan fingerprint density at radius 2 is 1.75 bits per heavy atom. The molecule has 3 nitrogen and oxygen atoms in total. The predicted octanol–water partition coefficient (Wildman–Crippen LogP) is 3.54. The summed E-state index contributed by atoms with van der Waals surface area (Å²) in [7, 11) is 0. The molecule has 20 heavy (non-hydrogen) atoms. The molecular weight excluding hydrogens is 250 g/mol. The second kappa shape index (κ2) is 9.92. The number of rotatable bonds is 10. The van der Waals surface area contributed by atoms with E-state index in [0.717, 1.165) is 25.0 Å². The Morgan fingerprint density at radius 1 is 1.05 bits per heavy atom. The average molecular weight is 279 g/mol. The maximum atomic E-state index is 6.34. The highest BCUT2D eigenvalue weighted by Crippen LogP contribution is 2.22. The topological polar surface area (TPSA) is 44.5 Å². The van der Waals surface area contributed by atoms with Gasteiger partial charge in [-0.2, -0.15) is 0 Å². The van der Waals surface area contributed by atoms with Gasteiger partial charge in [-0.05, 0) is 17.9 Å². The highest BCUT2D eigenvalue weighted by atomic mass is 16.5. The monoisotopic (exact) mass is 279 g/mol. The Morgan fingerprint density at radius 3 is 2.35 bits per heavy atom. The maximum absolute atomic E-state index is 6.34. The Kier molecular flexibility index (Phi) is 8.51. The SMILES string of the molecule is CCCCOCCOC(C(C)C)C(N)c1ccccc1. The summed E-state index contributed by atoms with van der Waals surface area (Å²) in [6, 6.07) is 10.1. The van der Waals surface area contributed by atoms with Crippen LogP contribution in [0.1, 0.15) is 45.2 Å². The van der Waals surface area contributed by atoms with Crippen LogP contribution in [0.4, 0.5) is 0 Å². The van der Waals surface area contributed by atoms with E-state index in [9.17, 15) is 0 Å². The van der Waals surface area contributed by atoms with E-state index in [0.29, 0.717) is 19.1 Å². The molecule has 3 heteroatoms. The molecule has 0 aromatic heterocycles. The Labute approximate surface area is 123 Å². The molecule has 0 amide bonds. The molecule has 114 valence electrons. The van der Waals surface area contributed by atoms with Crippen molar-refractivity contribution < 1.29 is 9.47 Å². The summed E-state index contributed by atoms with van der Waals surface area (Å²) in [4.78, 5) is 0. The van der Waals surface area contributed by atoms with Gasteiger partial charge in [0.15, 0.2) is 0 Å². The molecule has 1 aromatic rings. The summed E-state index contributed by atoms with van der Waals surface area (Å²) >= 11 is 0. The fourth-order valence-corrected chi connectivity index (χ4v) is 2.17. The van der Waals surface area contributed by atoms with Gasteiger partial charge in [0.2, 0.25) is 0 Å². The van der Waals surface area contributed by atoms with E-state index in [1.165, 1.54) is 0 Å². The fraction of sp³-hybridized carbons (Fsp3) is 0.647. The molecule has 0 spiro atoms. The van der Waals surface area contributed by atoms with E-state index < -0.39 is 0 Å². The number of benzene rings is 1. The van der Waals surface area contributed by atoms with Gasteiger partial charge in [0.25, 0.3) is 0 Å². The zero-order valence-corrected chi connectivity index (χ0v) is 13.0. The Balaban J connectivity index is 2.40. The fourth-order valence-electron chi connectivity index (χ4n) is 2.17. The van der Waals surface area contributed by atoms with Crippen LogP contribution < -0.4 is 5.73 Å². The third-order valence-electron chi connectivity index (χ3n) is 3.38. The van der Waals surface area contributed by atoms with E-state index in [4.69, 9.17) is 15.2 Å². The first-order chi connectivity index (χ1) is 9.66. The molecule has 0 radical (unpaired) electrons. The van der Waals surface area contributed by atoms with Gasteiger partial charge < -0.3 is 15.2 Å². The molecule has 0 aliphatic rings. The van der Waals surface area contributed by atoms with Crippen LogP contribution in [0, 0.1) is 5.92 Å². The first-order valence-corrected chi connectivity index (χ1v) is 7.66. The first-order valence-electron chi connectivity index (χ1n) is 7.66. The van der Waals surface area contributed by atoms with E-state index >= 15 is 0 Å². The van der Waals surface area contributed by atoms with Gasteiger partial charge in [-0.3, -0.25) is 0 Å². The molecule has 1 rings (SSSR count). The summed E-state index contributed by atoms with van der Waals surface area (Å²) in [6.45, 7) is 8.51. The molecule has 1 aromatic carbocycles. The van der Waals surface area contributed by atoms with Crippen LogP contribution in [0.25, 0.3) is 0 Å². The average Bonchev–Trinajstić information content (AvgIpc) is 2.46. The highest BCUT2D eigenvalue weighted by molar-refractivity contribution is 5.19. The highest BCUT2D eigenvalue weighted by Gasteiger charge is 2.23. The molecule has 2 unspecified atom stereocenters. The van der Waals surface area contributed by atoms with Crippen LogP contribution >= 0.6 is 0 Å². The van der Waals surface area contributed by atoms with Crippen molar-refractivity contribution in [1.82, 2.24) is 0 Å². The molecule has 0 aliphatic heterocycles. The lowest BCUT2D eigenvalue weighted by atomic mass is 9.94. The van der Waals surface area contributed by atoms with E-state index in [1.807, 2.05) is 18.2 Å². The number of unbranched alkanes of at least 4 members (excludes halogenated alkanes) is 1. The van der Waals surface area contributed by atoms with Crippen molar-refractivity contribution in [2.45, 2.75) is 45.8 Å². The van der Waals surface area contributed by atoms with Crippen LogP contribution in [-0.4, -0.2) is 25.9 Å². The van der Waals surface area contributed by atoms with Crippen molar-refractivity contribution in [3.05, 3.63) is 35.9 Å². The van der Waals surface area contributed by atoms with Crippen LogP contribution in [-0.2, 0) is 9.47 Å². The lowest BCUT2D eigenvalue weighted by Crippen LogP contribution is -2.34. The van der Waals surface area contributed by atoms with Crippen molar-refractivity contribution in [2.75, 3.05) is 19.8 Å². The summed E-state index contributed by atoms with van der Waals surface area (Å²) in [5.74, 6) is 0.376. The number of hydrogen-bond donors (Lipinski definition) is 1. The summed E-state index contributed by atoms with van der Waals surface area (Å²) < 4.78 is 11.5. The van der Waals surface area contributed by atoms with Crippen LogP contribution in [0.2, 0.25) is 0 Å². The zero-order chi connectivity index (χ0) is 14.8. The van der Waals surface area contributed by atoms with E-state index in [-0.39, 0.29) is 12.1 Å². The minimum atomic E-state index is -0.0909. The van der Waals surface area contributed by atoms with Crippen LogP contribution in [0.5, 0.6) is 0 Å². The van der Waals surface area contributed by atoms with Gasteiger partial charge >= 0.3 is 0 Å². The molecule has 0 fully saturated rings. The van der Waals surface area contributed by atoms with Crippen molar-refractivity contribution in [3.63, 3.8) is 0 Å². The molecule has 2 atom stereocenters. The number of nitrogens with two attached hydrogens (primary N) is 1. The van der Waals surface area contributed by atoms with Crippen LogP contribution in [0.15, 0.2) is 30.3 Å². The number of hydrogen-bond acceptors (Lipinski definition) is 3. The van der Waals surface area contributed by atoms with Gasteiger partial charge in [-0.15, -0.1) is 0 Å². The first kappa shape index (κ1) is 17.2. The molecular formula is C17H29NO2.